The zero-order valence-electron chi connectivity index (χ0n) is 16.0. The Morgan fingerprint density at radius 3 is 2.64 bits per heavy atom. The quantitative estimate of drug-likeness (QED) is 0.810. The number of aromatic carboxylic acids is 1. The van der Waals surface area contributed by atoms with E-state index in [1.54, 1.807) is 4.57 Å². The summed E-state index contributed by atoms with van der Waals surface area (Å²) < 4.78 is 22.6. The number of methoxy groups -OCH3 is 1. The van der Waals surface area contributed by atoms with E-state index in [1.807, 2.05) is 4.90 Å². The van der Waals surface area contributed by atoms with E-state index < -0.39 is 17.2 Å². The molecule has 0 spiro atoms. The van der Waals surface area contributed by atoms with E-state index in [1.165, 1.54) is 19.4 Å². The highest BCUT2D eigenvalue weighted by molar-refractivity contribution is 5.97. The molecule has 2 saturated heterocycles. The van der Waals surface area contributed by atoms with E-state index in [0.717, 1.165) is 12.8 Å². The van der Waals surface area contributed by atoms with Crippen molar-refractivity contribution in [2.24, 2.45) is 0 Å². The van der Waals surface area contributed by atoms with Crippen LogP contribution in [0.25, 0.3) is 10.9 Å². The van der Waals surface area contributed by atoms with E-state index in [0.29, 0.717) is 36.1 Å². The monoisotopic (exact) mass is 387 g/mol. The molecule has 3 atom stereocenters. The van der Waals surface area contributed by atoms with Gasteiger partial charge in [-0.05, 0) is 32.9 Å². The Kier molecular flexibility index (Phi) is 3.42. The number of pyridine rings is 1. The fourth-order valence-corrected chi connectivity index (χ4v) is 4.78. The fraction of sp³-hybridized carbons (Fsp3) is 0.500. The number of benzene rings is 1. The smallest absolute Gasteiger partial charge is 0.341 e. The van der Waals surface area contributed by atoms with Crippen LogP contribution in [0.5, 0.6) is 5.75 Å². The van der Waals surface area contributed by atoms with Crippen LogP contribution in [0.1, 0.15) is 36.2 Å². The van der Waals surface area contributed by atoms with Gasteiger partial charge in [-0.3, -0.25) is 9.69 Å². The van der Waals surface area contributed by atoms with Crippen LogP contribution in [-0.4, -0.2) is 59.4 Å². The highest BCUT2D eigenvalue weighted by Gasteiger charge is 2.62. The molecule has 1 saturated carbocycles. The Morgan fingerprint density at radius 1 is 1.39 bits per heavy atom. The molecule has 2 aromatic rings. The molecule has 0 bridgehead atoms. The molecule has 3 fully saturated rings. The number of fused-ring (bicyclic) bond motifs is 2. The predicted octanol–water partition coefficient (Wildman–Crippen LogP) is 2.07. The van der Waals surface area contributed by atoms with E-state index in [4.69, 9.17) is 4.74 Å². The van der Waals surface area contributed by atoms with Crippen molar-refractivity contribution in [2.45, 2.75) is 37.4 Å². The second-order valence-electron chi connectivity index (χ2n) is 8.32. The predicted molar refractivity (Wildman–Crippen MR) is 102 cm³/mol. The van der Waals surface area contributed by atoms with E-state index in [2.05, 4.69) is 18.9 Å². The van der Waals surface area contributed by atoms with Gasteiger partial charge < -0.3 is 19.3 Å². The van der Waals surface area contributed by atoms with E-state index >= 15 is 4.39 Å². The van der Waals surface area contributed by atoms with Gasteiger partial charge in [-0.1, -0.05) is 0 Å². The maximum atomic E-state index is 15.2. The molecule has 1 aromatic carbocycles. The summed E-state index contributed by atoms with van der Waals surface area (Å²) in [7, 11) is 3.53. The number of nitrogens with zero attached hydrogens (tertiary/aromatic N) is 3. The zero-order chi connectivity index (χ0) is 20.0. The first kappa shape index (κ1) is 17.5. The van der Waals surface area contributed by atoms with Crippen LogP contribution < -0.4 is 15.1 Å². The number of anilines is 1. The minimum Gasteiger partial charge on any atom is -0.492 e. The molecule has 0 radical (unpaired) electrons. The van der Waals surface area contributed by atoms with Gasteiger partial charge in [0, 0.05) is 31.4 Å². The first-order valence-corrected chi connectivity index (χ1v) is 9.44. The topological polar surface area (TPSA) is 74.8 Å². The van der Waals surface area contributed by atoms with Crippen molar-refractivity contribution in [1.82, 2.24) is 9.47 Å². The molecular formula is C20H22FN3O4. The first-order valence-electron chi connectivity index (χ1n) is 9.44. The van der Waals surface area contributed by atoms with Crippen LogP contribution in [-0.2, 0) is 0 Å². The summed E-state index contributed by atoms with van der Waals surface area (Å²) in [6, 6.07) is 1.65. The molecule has 1 aliphatic carbocycles. The molecule has 148 valence electrons. The molecule has 3 unspecified atom stereocenters. The first-order chi connectivity index (χ1) is 13.3. The number of hydrogen-bond acceptors (Lipinski definition) is 5. The number of ether oxygens (including phenoxy) is 1. The van der Waals surface area contributed by atoms with Crippen molar-refractivity contribution in [3.63, 3.8) is 0 Å². The van der Waals surface area contributed by atoms with Gasteiger partial charge in [-0.2, -0.15) is 0 Å². The summed E-state index contributed by atoms with van der Waals surface area (Å²) >= 11 is 0. The molecule has 28 heavy (non-hydrogen) atoms. The second-order valence-corrected chi connectivity index (χ2v) is 8.32. The van der Waals surface area contributed by atoms with Crippen LogP contribution in [0, 0.1) is 5.82 Å². The minimum absolute atomic E-state index is 0.0235. The molecule has 7 nitrogen and oxygen atoms in total. The average molecular weight is 387 g/mol. The second kappa shape index (κ2) is 5.47. The third-order valence-electron chi connectivity index (χ3n) is 6.72. The number of rotatable bonds is 4. The van der Waals surface area contributed by atoms with Crippen LogP contribution in [0.4, 0.5) is 10.1 Å². The molecule has 1 N–H and O–H groups in total. The van der Waals surface area contributed by atoms with Gasteiger partial charge in [-0.25, -0.2) is 9.18 Å². The maximum Gasteiger partial charge on any atom is 0.341 e. The molecule has 8 heteroatoms. The van der Waals surface area contributed by atoms with Gasteiger partial charge in [-0.15, -0.1) is 0 Å². The van der Waals surface area contributed by atoms with Crippen molar-refractivity contribution in [1.29, 1.82) is 0 Å². The zero-order valence-corrected chi connectivity index (χ0v) is 16.0. The van der Waals surface area contributed by atoms with Crippen LogP contribution in [0.15, 0.2) is 17.1 Å². The number of hydrogen-bond donors (Lipinski definition) is 1. The van der Waals surface area contributed by atoms with Crippen molar-refractivity contribution >= 4 is 22.6 Å². The molecule has 2 aliphatic heterocycles. The number of aromatic nitrogens is 1. The van der Waals surface area contributed by atoms with Gasteiger partial charge in [0.15, 0.2) is 11.6 Å². The lowest BCUT2D eigenvalue weighted by Gasteiger charge is -2.27. The standard InChI is InChI=1S/C20H22FN3O4/c1-20-9-23(8-14(20)22(20)2)16-13(21)6-11-15(18(16)28-3)24(10-4-5-10)7-12(17(11)25)19(26)27/h6-7,10,14H,4-5,8-9H2,1-3H3,(H,26,27). The minimum atomic E-state index is -1.31. The summed E-state index contributed by atoms with van der Waals surface area (Å²) in [5.41, 5.74) is -0.163. The number of carboxylic acid groups (broad SMARTS) is 1. The van der Waals surface area contributed by atoms with Crippen molar-refractivity contribution in [3.8, 4) is 5.75 Å². The molecule has 0 amide bonds. The molecule has 3 heterocycles. The Labute approximate surface area is 160 Å². The lowest BCUT2D eigenvalue weighted by Crippen LogP contribution is -2.32. The van der Waals surface area contributed by atoms with Crippen molar-refractivity contribution < 1.29 is 19.0 Å². The molecule has 5 rings (SSSR count). The largest absolute Gasteiger partial charge is 0.492 e. The summed E-state index contributed by atoms with van der Waals surface area (Å²) in [4.78, 5) is 28.5. The highest BCUT2D eigenvalue weighted by Crippen LogP contribution is 2.50. The summed E-state index contributed by atoms with van der Waals surface area (Å²) in [6.07, 6.45) is 3.16. The summed E-state index contributed by atoms with van der Waals surface area (Å²) in [5.74, 6) is -1.55. The van der Waals surface area contributed by atoms with Gasteiger partial charge in [0.2, 0.25) is 5.43 Å². The van der Waals surface area contributed by atoms with Gasteiger partial charge in [0.25, 0.3) is 0 Å². The summed E-state index contributed by atoms with van der Waals surface area (Å²) in [5, 5.41) is 9.46. The van der Waals surface area contributed by atoms with Gasteiger partial charge >= 0.3 is 5.97 Å². The normalized spacial score (nSPS) is 28.5. The Morgan fingerprint density at radius 2 is 2.11 bits per heavy atom. The average Bonchev–Trinajstić information content (AvgIpc) is 3.53. The van der Waals surface area contributed by atoms with Crippen LogP contribution in [0.3, 0.4) is 0 Å². The lowest BCUT2D eigenvalue weighted by molar-refractivity contribution is 0.0695. The molecule has 3 aliphatic rings. The third kappa shape index (κ3) is 2.18. The Hall–Kier alpha value is -2.61. The highest BCUT2D eigenvalue weighted by atomic mass is 19.1. The number of carbonyl (C=O) groups is 1. The van der Waals surface area contributed by atoms with Crippen LogP contribution >= 0.6 is 0 Å². The van der Waals surface area contributed by atoms with Crippen LogP contribution in [0.2, 0.25) is 0 Å². The van der Waals surface area contributed by atoms with Gasteiger partial charge in [0.1, 0.15) is 11.3 Å². The number of likely N-dealkylation sites (N-methyl/N-ethyl adjacent to an activating group) is 1. The number of piperazine rings is 1. The SMILES string of the molecule is COc1c(N2CC3N(C)C3(C)C2)c(F)cc2c(=O)c(C(=O)O)cn(C3CC3)c12. The lowest BCUT2D eigenvalue weighted by atomic mass is 10.1. The third-order valence-corrected chi connectivity index (χ3v) is 6.72. The van der Waals surface area contributed by atoms with Crippen molar-refractivity contribution in [3.05, 3.63) is 33.9 Å². The molecular weight excluding hydrogens is 365 g/mol. The Bertz CT molecular complexity index is 1090. The summed E-state index contributed by atoms with van der Waals surface area (Å²) in [6.45, 7) is 3.52. The Balaban J connectivity index is 1.76. The fourth-order valence-electron chi connectivity index (χ4n) is 4.78. The van der Waals surface area contributed by atoms with Gasteiger partial charge in [0.05, 0.1) is 23.6 Å². The van der Waals surface area contributed by atoms with Crippen molar-refractivity contribution in [2.75, 3.05) is 32.1 Å². The number of halogens is 1. The maximum absolute atomic E-state index is 15.2. The van der Waals surface area contributed by atoms with E-state index in [9.17, 15) is 14.7 Å². The molecule has 1 aromatic heterocycles. The van der Waals surface area contributed by atoms with E-state index in [-0.39, 0.29) is 22.5 Å². The number of carboxylic acids is 1.